The summed E-state index contributed by atoms with van der Waals surface area (Å²) in [6.07, 6.45) is 0.113. The van der Waals surface area contributed by atoms with E-state index in [4.69, 9.17) is 5.26 Å². The first-order chi connectivity index (χ1) is 4.00. The van der Waals surface area contributed by atoms with Gasteiger partial charge in [-0.1, -0.05) is 6.58 Å². The van der Waals surface area contributed by atoms with E-state index in [1.807, 2.05) is 6.07 Å². The predicted octanol–water partition coefficient (Wildman–Crippen LogP) is 1.23. The Hall–Kier alpha value is -0.810. The highest BCUT2D eigenvalue weighted by Crippen LogP contribution is 2.16. The quantitative estimate of drug-likeness (QED) is 0.564. The molecule has 0 heterocycles. The van der Waals surface area contributed by atoms with E-state index in [1.165, 1.54) is 0 Å². The van der Waals surface area contributed by atoms with Gasteiger partial charge < -0.3 is 5.11 Å². The van der Waals surface area contributed by atoms with Crippen LogP contribution in [0.15, 0.2) is 12.2 Å². The second-order valence-corrected chi connectivity index (χ2v) is 2.39. The number of hydrogen-bond acceptors (Lipinski definition) is 2. The van der Waals surface area contributed by atoms with Crippen molar-refractivity contribution in [1.29, 1.82) is 5.26 Å². The first-order valence-electron chi connectivity index (χ1n) is 2.76. The number of hydrogen-bond donors (Lipinski definition) is 1. The average Bonchev–Trinajstić information content (AvgIpc) is 1.65. The molecule has 0 aromatic heterocycles. The van der Waals surface area contributed by atoms with E-state index in [0.29, 0.717) is 5.57 Å². The van der Waals surface area contributed by atoms with Gasteiger partial charge in [-0.15, -0.1) is 0 Å². The molecule has 0 saturated carbocycles. The molecule has 2 heteroatoms. The minimum atomic E-state index is -1.01. The lowest BCUT2D eigenvalue weighted by atomic mass is 9.96. The van der Waals surface area contributed by atoms with Crippen molar-refractivity contribution in [3.63, 3.8) is 0 Å². The first-order valence-corrected chi connectivity index (χ1v) is 2.76. The van der Waals surface area contributed by atoms with E-state index in [2.05, 4.69) is 6.58 Å². The van der Waals surface area contributed by atoms with Crippen molar-refractivity contribution in [2.45, 2.75) is 25.9 Å². The van der Waals surface area contributed by atoms with Gasteiger partial charge in [-0.25, -0.2) is 0 Å². The summed E-state index contributed by atoms with van der Waals surface area (Å²) in [5.74, 6) is 0. The third-order valence-corrected chi connectivity index (χ3v) is 1.34. The number of nitrogens with zero attached hydrogens (tertiary/aromatic N) is 1. The zero-order chi connectivity index (χ0) is 7.49. The molecule has 0 radical (unpaired) electrons. The molecule has 1 unspecified atom stereocenters. The van der Waals surface area contributed by atoms with E-state index < -0.39 is 5.60 Å². The van der Waals surface area contributed by atoms with E-state index in [0.717, 1.165) is 0 Å². The minimum absolute atomic E-state index is 0.113. The van der Waals surface area contributed by atoms with Crippen LogP contribution in [0.25, 0.3) is 0 Å². The van der Waals surface area contributed by atoms with Crippen LogP contribution >= 0.6 is 0 Å². The number of rotatable bonds is 2. The topological polar surface area (TPSA) is 44.0 Å². The molecule has 0 rings (SSSR count). The lowest BCUT2D eigenvalue weighted by molar-refractivity contribution is 0.104. The molecule has 9 heavy (non-hydrogen) atoms. The molecule has 0 amide bonds. The maximum Gasteiger partial charge on any atom is 0.0952 e. The zero-order valence-corrected chi connectivity index (χ0v) is 5.81. The Morgan fingerprint density at radius 3 is 2.44 bits per heavy atom. The lowest BCUT2D eigenvalue weighted by Gasteiger charge is -2.18. The van der Waals surface area contributed by atoms with Gasteiger partial charge in [0, 0.05) is 0 Å². The highest BCUT2D eigenvalue weighted by molar-refractivity contribution is 5.09. The normalized spacial score (nSPS) is 15.8. The summed E-state index contributed by atoms with van der Waals surface area (Å²) < 4.78 is 0. The van der Waals surface area contributed by atoms with Gasteiger partial charge in [-0.2, -0.15) is 5.26 Å². The van der Waals surface area contributed by atoms with Crippen LogP contribution in [0.5, 0.6) is 0 Å². The van der Waals surface area contributed by atoms with Crippen LogP contribution in [0, 0.1) is 11.3 Å². The van der Waals surface area contributed by atoms with Gasteiger partial charge in [-0.05, 0) is 19.4 Å². The van der Waals surface area contributed by atoms with Crippen molar-refractivity contribution in [3.05, 3.63) is 12.2 Å². The minimum Gasteiger partial charge on any atom is -0.385 e. The molecule has 0 aliphatic heterocycles. The summed E-state index contributed by atoms with van der Waals surface area (Å²) in [7, 11) is 0. The van der Waals surface area contributed by atoms with Crippen LogP contribution in [0.2, 0.25) is 0 Å². The summed E-state index contributed by atoms with van der Waals surface area (Å²) in [5, 5.41) is 17.5. The third kappa shape index (κ3) is 2.29. The monoisotopic (exact) mass is 125 g/mol. The van der Waals surface area contributed by atoms with Crippen LogP contribution in [0.3, 0.4) is 0 Å². The van der Waals surface area contributed by atoms with Crippen LogP contribution in [0.1, 0.15) is 20.3 Å². The highest BCUT2D eigenvalue weighted by Gasteiger charge is 2.19. The molecule has 0 aliphatic carbocycles. The molecule has 0 fully saturated rings. The Kier molecular flexibility index (Phi) is 2.41. The largest absolute Gasteiger partial charge is 0.385 e. The maximum absolute atomic E-state index is 9.27. The van der Waals surface area contributed by atoms with E-state index >= 15 is 0 Å². The smallest absolute Gasteiger partial charge is 0.0952 e. The second kappa shape index (κ2) is 2.65. The van der Waals surface area contributed by atoms with Crippen molar-refractivity contribution in [1.82, 2.24) is 0 Å². The zero-order valence-electron chi connectivity index (χ0n) is 5.81. The van der Waals surface area contributed by atoms with Gasteiger partial charge in [0.2, 0.25) is 0 Å². The molecule has 0 aliphatic rings. The fourth-order valence-corrected chi connectivity index (χ4v) is 0.305. The molecule has 0 spiro atoms. The molecule has 50 valence electrons. The van der Waals surface area contributed by atoms with E-state index in [9.17, 15) is 5.11 Å². The van der Waals surface area contributed by atoms with Crippen molar-refractivity contribution in [2.75, 3.05) is 0 Å². The van der Waals surface area contributed by atoms with Crippen LogP contribution in [-0.2, 0) is 0 Å². The molecular formula is C7H11NO. The summed E-state index contributed by atoms with van der Waals surface area (Å²) in [4.78, 5) is 0. The molecule has 0 aromatic rings. The van der Waals surface area contributed by atoms with Crippen molar-refractivity contribution in [2.24, 2.45) is 0 Å². The third-order valence-electron chi connectivity index (χ3n) is 1.34. The summed E-state index contributed by atoms with van der Waals surface area (Å²) in [6, 6.07) is 1.88. The highest BCUT2D eigenvalue weighted by atomic mass is 16.3. The Morgan fingerprint density at radius 2 is 2.33 bits per heavy atom. The standard InChI is InChI=1S/C7H11NO/c1-6(2)7(3,9)4-5-8/h9H,1,4H2,2-3H3. The fraction of sp³-hybridized carbons (Fsp3) is 0.571. The Morgan fingerprint density at radius 1 is 1.89 bits per heavy atom. The van der Waals surface area contributed by atoms with Gasteiger partial charge in [-0.3, -0.25) is 0 Å². The van der Waals surface area contributed by atoms with Crippen LogP contribution in [-0.4, -0.2) is 10.7 Å². The van der Waals surface area contributed by atoms with Crippen LogP contribution < -0.4 is 0 Å². The van der Waals surface area contributed by atoms with Gasteiger partial charge in [0.05, 0.1) is 18.1 Å². The number of nitriles is 1. The van der Waals surface area contributed by atoms with E-state index in [1.54, 1.807) is 13.8 Å². The molecule has 0 bridgehead atoms. The van der Waals surface area contributed by atoms with Gasteiger partial charge in [0.1, 0.15) is 0 Å². The van der Waals surface area contributed by atoms with Crippen LogP contribution in [0.4, 0.5) is 0 Å². The van der Waals surface area contributed by atoms with Gasteiger partial charge in [0.25, 0.3) is 0 Å². The molecule has 0 saturated heterocycles. The van der Waals surface area contributed by atoms with E-state index in [-0.39, 0.29) is 6.42 Å². The maximum atomic E-state index is 9.27. The van der Waals surface area contributed by atoms with Gasteiger partial charge >= 0.3 is 0 Å². The lowest BCUT2D eigenvalue weighted by Crippen LogP contribution is -2.23. The summed E-state index contributed by atoms with van der Waals surface area (Å²) in [5.41, 5.74) is -0.376. The summed E-state index contributed by atoms with van der Waals surface area (Å²) >= 11 is 0. The molecule has 1 atom stereocenters. The Labute approximate surface area is 55.4 Å². The Bertz CT molecular complexity index is 153. The molecular weight excluding hydrogens is 114 g/mol. The molecule has 2 nitrogen and oxygen atoms in total. The molecule has 1 N–H and O–H groups in total. The molecule has 0 aromatic carbocycles. The fourth-order valence-electron chi connectivity index (χ4n) is 0.305. The SMILES string of the molecule is C=C(C)C(C)(O)CC#N. The predicted molar refractivity (Wildman–Crippen MR) is 35.7 cm³/mol. The summed E-state index contributed by atoms with van der Waals surface area (Å²) in [6.45, 7) is 6.83. The van der Waals surface area contributed by atoms with Gasteiger partial charge in [0.15, 0.2) is 0 Å². The average molecular weight is 125 g/mol. The second-order valence-electron chi connectivity index (χ2n) is 2.39. The van der Waals surface area contributed by atoms with Crippen molar-refractivity contribution < 1.29 is 5.11 Å². The van der Waals surface area contributed by atoms with Crippen molar-refractivity contribution in [3.8, 4) is 6.07 Å². The first kappa shape index (κ1) is 8.19. The van der Waals surface area contributed by atoms with Crippen molar-refractivity contribution >= 4 is 0 Å². The number of aliphatic hydroxyl groups is 1. The Balaban J connectivity index is 4.06.